The third kappa shape index (κ3) is 6.77. The van der Waals surface area contributed by atoms with Crippen LogP contribution in [0.3, 0.4) is 0 Å². The molecule has 0 unspecified atom stereocenters. The number of carbonyl (C=O) groups is 2. The molecule has 1 aliphatic rings. The van der Waals surface area contributed by atoms with Crippen LogP contribution in [0.2, 0.25) is 0 Å². The largest absolute Gasteiger partial charge is 0.417 e. The van der Waals surface area contributed by atoms with Gasteiger partial charge in [-0.1, -0.05) is 18.2 Å². The monoisotopic (exact) mass is 631 g/mol. The fourth-order valence-corrected chi connectivity index (χ4v) is 5.45. The number of aromatic nitrogens is 3. The molecule has 1 aliphatic heterocycles. The summed E-state index contributed by atoms with van der Waals surface area (Å²) in [7, 11) is 0. The van der Waals surface area contributed by atoms with E-state index in [2.05, 4.69) is 25.6 Å². The van der Waals surface area contributed by atoms with Gasteiger partial charge in [-0.3, -0.25) is 14.6 Å². The molecule has 0 bridgehead atoms. The Labute approximate surface area is 261 Å². The van der Waals surface area contributed by atoms with Crippen molar-refractivity contribution in [2.24, 2.45) is 0 Å². The highest BCUT2D eigenvalue weighted by Gasteiger charge is 2.31. The molecule has 236 valence electrons. The van der Waals surface area contributed by atoms with Crippen molar-refractivity contribution < 1.29 is 27.2 Å². The third-order valence-corrected chi connectivity index (χ3v) is 7.91. The Morgan fingerprint density at radius 1 is 0.935 bits per heavy atom. The summed E-state index contributed by atoms with van der Waals surface area (Å²) in [6.45, 7) is 1.86. The van der Waals surface area contributed by atoms with Crippen molar-refractivity contribution in [3.8, 4) is 0 Å². The molecule has 0 saturated carbocycles. The number of alkyl halides is 3. The molecule has 6 rings (SSSR count). The van der Waals surface area contributed by atoms with Crippen LogP contribution in [0.5, 0.6) is 0 Å². The number of pyridine rings is 2. The smallest absolute Gasteiger partial charge is 0.368 e. The summed E-state index contributed by atoms with van der Waals surface area (Å²) in [6.07, 6.45) is 1.37. The highest BCUT2D eigenvalue weighted by atomic mass is 19.4. The number of anilines is 3. The van der Waals surface area contributed by atoms with E-state index in [1.165, 1.54) is 30.6 Å². The summed E-state index contributed by atoms with van der Waals surface area (Å²) in [4.78, 5) is 41.6. The molecule has 5 aromatic rings. The summed E-state index contributed by atoms with van der Waals surface area (Å²) in [5, 5.41) is 6.41. The number of amides is 2. The molecule has 9 nitrogen and oxygen atoms in total. The number of halogens is 4. The van der Waals surface area contributed by atoms with Gasteiger partial charge in [0.1, 0.15) is 17.7 Å². The summed E-state index contributed by atoms with van der Waals surface area (Å²) in [5.74, 6) is -1.53. The maximum Gasteiger partial charge on any atom is 0.417 e. The number of nitrogens with zero attached hydrogens (tertiary/aromatic N) is 4. The number of hydrogen-bond donors (Lipinski definition) is 3. The Morgan fingerprint density at radius 2 is 1.67 bits per heavy atom. The normalized spacial score (nSPS) is 14.3. The molecular weight excluding hydrogens is 602 g/mol. The van der Waals surface area contributed by atoms with E-state index in [9.17, 15) is 22.8 Å². The second-order valence-electron chi connectivity index (χ2n) is 10.9. The van der Waals surface area contributed by atoms with Crippen LogP contribution in [-0.4, -0.2) is 59.0 Å². The first-order valence-electron chi connectivity index (χ1n) is 14.5. The second-order valence-corrected chi connectivity index (χ2v) is 10.9. The fourth-order valence-electron chi connectivity index (χ4n) is 5.45. The number of para-hydroxylation sites is 1. The van der Waals surface area contributed by atoms with Gasteiger partial charge in [0.2, 0.25) is 5.91 Å². The minimum atomic E-state index is -4.46. The first-order chi connectivity index (χ1) is 22.2. The number of nitrogens with one attached hydrogen (secondary N) is 3. The van der Waals surface area contributed by atoms with Crippen LogP contribution in [0.1, 0.15) is 21.5 Å². The van der Waals surface area contributed by atoms with Gasteiger partial charge in [-0.15, -0.1) is 0 Å². The molecule has 1 fully saturated rings. The van der Waals surface area contributed by atoms with Gasteiger partial charge in [-0.05, 0) is 54.1 Å². The number of rotatable bonds is 8. The molecule has 4 heterocycles. The molecule has 46 heavy (non-hydrogen) atoms. The molecule has 13 heteroatoms. The van der Waals surface area contributed by atoms with E-state index in [0.29, 0.717) is 43.4 Å². The van der Waals surface area contributed by atoms with Crippen LogP contribution in [0.15, 0.2) is 91.5 Å². The van der Waals surface area contributed by atoms with Crippen molar-refractivity contribution >= 4 is 39.9 Å². The Hall–Kier alpha value is -5.46. The van der Waals surface area contributed by atoms with Crippen LogP contribution in [0.4, 0.5) is 34.8 Å². The summed E-state index contributed by atoms with van der Waals surface area (Å²) >= 11 is 0. The van der Waals surface area contributed by atoms with Crippen molar-refractivity contribution in [3.05, 3.63) is 114 Å². The summed E-state index contributed by atoms with van der Waals surface area (Å²) in [5.41, 5.74) is 1.73. The van der Waals surface area contributed by atoms with Crippen molar-refractivity contribution in [2.75, 3.05) is 41.3 Å². The highest BCUT2D eigenvalue weighted by molar-refractivity contribution is 6.02. The van der Waals surface area contributed by atoms with Gasteiger partial charge >= 0.3 is 6.18 Å². The quantitative estimate of drug-likeness (QED) is 0.198. The molecule has 0 aliphatic carbocycles. The molecule has 2 aromatic carbocycles. The van der Waals surface area contributed by atoms with Crippen LogP contribution < -0.4 is 20.4 Å². The number of benzene rings is 2. The topological polar surface area (TPSA) is 106 Å². The lowest BCUT2D eigenvalue weighted by molar-refractivity contribution is -0.137. The van der Waals surface area contributed by atoms with Crippen molar-refractivity contribution in [1.29, 1.82) is 0 Å². The van der Waals surface area contributed by atoms with E-state index in [4.69, 9.17) is 0 Å². The van der Waals surface area contributed by atoms with Gasteiger partial charge in [0.05, 0.1) is 11.1 Å². The lowest BCUT2D eigenvalue weighted by atomic mass is 10.0. The Kier molecular flexibility index (Phi) is 8.55. The van der Waals surface area contributed by atoms with Gasteiger partial charge in [-0.2, -0.15) is 13.2 Å². The van der Waals surface area contributed by atoms with E-state index in [1.54, 1.807) is 24.4 Å². The molecule has 3 aromatic heterocycles. The molecule has 3 N–H and O–H groups in total. The average molecular weight is 632 g/mol. The van der Waals surface area contributed by atoms with Gasteiger partial charge in [-0.25, -0.2) is 9.37 Å². The predicted octanol–water partition coefficient (Wildman–Crippen LogP) is 5.42. The lowest BCUT2D eigenvalue weighted by Crippen LogP contribution is -2.47. The fraction of sp³-hybridized carbons (Fsp3) is 0.212. The Bertz CT molecular complexity index is 1840. The van der Waals surface area contributed by atoms with E-state index >= 15 is 4.39 Å². The molecule has 1 saturated heterocycles. The summed E-state index contributed by atoms with van der Waals surface area (Å²) < 4.78 is 54.0. The SMILES string of the molecule is O=C(N[C@H](Cc1c[nH]c2ccccc12)C(=O)Nc1ccncc1)c1ccc(N2CCN(c3ccc(C(F)(F)F)cn3)CC2)cc1F. The zero-order valence-electron chi connectivity index (χ0n) is 24.4. The first kappa shape index (κ1) is 30.6. The van der Waals surface area contributed by atoms with Crippen molar-refractivity contribution in [3.63, 3.8) is 0 Å². The Morgan fingerprint density at radius 3 is 2.37 bits per heavy atom. The molecule has 0 radical (unpaired) electrons. The maximum atomic E-state index is 15.4. The van der Waals surface area contributed by atoms with Gasteiger partial charge in [0, 0.05) is 79.7 Å². The molecule has 0 spiro atoms. The zero-order chi connectivity index (χ0) is 32.3. The van der Waals surface area contributed by atoms with E-state index in [0.717, 1.165) is 28.7 Å². The average Bonchev–Trinajstić information content (AvgIpc) is 3.47. The highest BCUT2D eigenvalue weighted by Crippen LogP contribution is 2.30. The number of aromatic amines is 1. The number of H-pyrrole nitrogens is 1. The van der Waals surface area contributed by atoms with Crippen LogP contribution >= 0.6 is 0 Å². The number of carbonyl (C=O) groups excluding carboxylic acids is 2. The maximum absolute atomic E-state index is 15.4. The molecular formula is C33H29F4N7O2. The van der Waals surface area contributed by atoms with E-state index in [-0.39, 0.29) is 12.0 Å². The zero-order valence-corrected chi connectivity index (χ0v) is 24.4. The minimum absolute atomic E-state index is 0.157. The number of piperazine rings is 1. The van der Waals surface area contributed by atoms with Crippen LogP contribution in [0.25, 0.3) is 10.9 Å². The van der Waals surface area contributed by atoms with Gasteiger partial charge in [0.25, 0.3) is 5.91 Å². The van der Waals surface area contributed by atoms with Crippen molar-refractivity contribution in [2.45, 2.75) is 18.6 Å². The van der Waals surface area contributed by atoms with E-state index < -0.39 is 35.4 Å². The standard InChI is InChI=1S/C33H29F4N7O2/c34-27-18-24(43-13-15-44(16-14-43)30-8-5-22(20-40-30)33(35,36)37)6-7-26(27)31(45)42-29(32(46)41-23-9-11-38-12-10-23)17-21-19-39-28-4-2-1-3-25(21)28/h1-12,18-20,29,39H,13-17H2,(H,42,45)(H,38,41,46)/t29-/m1/s1. The van der Waals surface area contributed by atoms with E-state index in [1.807, 2.05) is 34.1 Å². The van der Waals surface area contributed by atoms with Crippen molar-refractivity contribution in [1.82, 2.24) is 20.3 Å². The molecule has 2 amide bonds. The lowest BCUT2D eigenvalue weighted by Gasteiger charge is -2.36. The predicted molar refractivity (Wildman–Crippen MR) is 166 cm³/mol. The molecule has 1 atom stereocenters. The number of hydrogen-bond acceptors (Lipinski definition) is 6. The van der Waals surface area contributed by atoms with Crippen LogP contribution in [-0.2, 0) is 17.4 Å². The second kappa shape index (κ2) is 12.9. The summed E-state index contributed by atoms with van der Waals surface area (Å²) in [6, 6.07) is 16.5. The third-order valence-electron chi connectivity index (χ3n) is 7.91. The van der Waals surface area contributed by atoms with Gasteiger partial charge < -0.3 is 25.4 Å². The number of fused-ring (bicyclic) bond motifs is 1. The minimum Gasteiger partial charge on any atom is -0.368 e. The van der Waals surface area contributed by atoms with Crippen LogP contribution in [0, 0.1) is 5.82 Å². The Balaban J connectivity index is 1.13. The first-order valence-corrected chi connectivity index (χ1v) is 14.5. The van der Waals surface area contributed by atoms with Gasteiger partial charge in [0.15, 0.2) is 0 Å².